The second-order valence-electron chi connectivity index (χ2n) is 5.18. The van der Waals surface area contributed by atoms with Crippen LogP contribution in [0.1, 0.15) is 19.5 Å². The van der Waals surface area contributed by atoms with Crippen LogP contribution in [0.5, 0.6) is 0 Å². The summed E-state index contributed by atoms with van der Waals surface area (Å²) in [5.74, 6) is -0.851. The first-order valence-electron chi connectivity index (χ1n) is 6.96. The summed E-state index contributed by atoms with van der Waals surface area (Å²) < 4.78 is 1.67. The number of hydrogen-bond donors (Lipinski definition) is 0. The second kappa shape index (κ2) is 5.31. The van der Waals surface area contributed by atoms with Gasteiger partial charge in [0.05, 0.1) is 16.7 Å². The number of imidazole rings is 1. The van der Waals surface area contributed by atoms with E-state index in [0.717, 1.165) is 16.3 Å². The molecule has 1 aromatic carbocycles. The van der Waals surface area contributed by atoms with Crippen LogP contribution in [0.3, 0.4) is 0 Å². The number of carbonyl (C=O) groups excluding carboxylic acids is 2. The van der Waals surface area contributed by atoms with E-state index < -0.39 is 11.9 Å². The minimum atomic E-state index is -0.604. The largest absolute Gasteiger partial charge is 0.331 e. The van der Waals surface area contributed by atoms with Crippen molar-refractivity contribution in [1.82, 2.24) is 19.5 Å². The van der Waals surface area contributed by atoms with Crippen LogP contribution in [0.25, 0.3) is 22.1 Å². The number of rotatable bonds is 1. The molecule has 0 atom stereocenters. The first kappa shape index (κ1) is 14.9. The smallest absolute Gasteiger partial charge is 0.330 e. The molecular weight excluding hydrogens is 298 g/mol. The zero-order valence-electron chi connectivity index (χ0n) is 13.2. The fourth-order valence-electron chi connectivity index (χ4n) is 2.36. The van der Waals surface area contributed by atoms with E-state index in [1.54, 1.807) is 17.8 Å². The Morgan fingerprint density at radius 2 is 1.91 bits per heavy atom. The van der Waals surface area contributed by atoms with Gasteiger partial charge < -0.3 is 9.40 Å². The number of anilines is 1. The fraction of sp³-hybridized carbons (Fsp3) is 0.267. The highest BCUT2D eigenvalue weighted by Crippen LogP contribution is 2.27. The lowest BCUT2D eigenvalue weighted by Crippen LogP contribution is -2.32. The van der Waals surface area contributed by atoms with Crippen LogP contribution in [0, 0.1) is 6.92 Å². The fourth-order valence-corrected chi connectivity index (χ4v) is 2.36. The lowest BCUT2D eigenvalue weighted by molar-refractivity contribution is -0.148. The molecule has 0 fully saturated rings. The van der Waals surface area contributed by atoms with Crippen molar-refractivity contribution in [1.29, 1.82) is 0 Å². The molecule has 3 rings (SSSR count). The maximum Gasteiger partial charge on any atom is 0.330 e. The number of benzene rings is 1. The minimum absolute atomic E-state index is 0.207. The Morgan fingerprint density at radius 1 is 1.17 bits per heavy atom. The van der Waals surface area contributed by atoms with Crippen molar-refractivity contribution >= 4 is 39.9 Å². The summed E-state index contributed by atoms with van der Waals surface area (Å²) in [6.07, 6.45) is 1.68. The topological polar surface area (TPSA) is 90.2 Å². The van der Waals surface area contributed by atoms with E-state index in [9.17, 15) is 9.59 Å². The van der Waals surface area contributed by atoms with Gasteiger partial charge in [-0.25, -0.2) is 14.8 Å². The molecule has 0 aliphatic rings. The second-order valence-corrected chi connectivity index (χ2v) is 5.18. The van der Waals surface area contributed by atoms with Crippen LogP contribution in [-0.4, -0.2) is 31.4 Å². The third kappa shape index (κ3) is 2.48. The zero-order valence-corrected chi connectivity index (χ0v) is 13.2. The lowest BCUT2D eigenvalue weighted by Gasteiger charge is -2.17. The molecule has 0 saturated carbocycles. The molecule has 0 aliphatic carbocycles. The molecule has 8 heteroatoms. The summed E-state index contributed by atoms with van der Waals surface area (Å²) in [5.41, 5.74) is 3.45. The number of aryl methyl sites for hydroxylation is 2. The predicted octanol–water partition coefficient (Wildman–Crippen LogP) is 1.66. The van der Waals surface area contributed by atoms with Crippen molar-refractivity contribution in [3.8, 4) is 0 Å². The maximum atomic E-state index is 11.8. The molecule has 2 aromatic heterocycles. The van der Waals surface area contributed by atoms with Crippen LogP contribution < -0.4 is 5.06 Å². The SMILES string of the molecule is CC(=O)ON(C(C)=O)c1nc2c3nc(C)cnc3ccc2n1C. The van der Waals surface area contributed by atoms with Gasteiger partial charge in [-0.3, -0.25) is 9.78 Å². The first-order valence-corrected chi connectivity index (χ1v) is 6.96. The van der Waals surface area contributed by atoms with Gasteiger partial charge in [0.25, 0.3) is 5.91 Å². The number of aromatic nitrogens is 4. The third-order valence-corrected chi connectivity index (χ3v) is 3.35. The molecule has 0 saturated heterocycles. The third-order valence-electron chi connectivity index (χ3n) is 3.35. The first-order chi connectivity index (χ1) is 10.9. The molecule has 2 heterocycles. The summed E-state index contributed by atoms with van der Waals surface area (Å²) >= 11 is 0. The van der Waals surface area contributed by atoms with Gasteiger partial charge in [0.15, 0.2) is 0 Å². The molecule has 3 aromatic rings. The summed E-state index contributed by atoms with van der Waals surface area (Å²) in [5, 5.41) is 0.872. The van der Waals surface area contributed by atoms with Gasteiger partial charge >= 0.3 is 5.97 Å². The maximum absolute atomic E-state index is 11.8. The van der Waals surface area contributed by atoms with Crippen molar-refractivity contribution in [3.05, 3.63) is 24.0 Å². The molecule has 0 radical (unpaired) electrons. The molecule has 0 unspecified atom stereocenters. The molecule has 8 nitrogen and oxygen atoms in total. The Bertz CT molecular complexity index is 947. The summed E-state index contributed by atoms with van der Waals surface area (Å²) in [7, 11) is 1.74. The van der Waals surface area contributed by atoms with Crippen molar-refractivity contribution in [2.75, 3.05) is 5.06 Å². The highest BCUT2D eigenvalue weighted by atomic mass is 16.7. The van der Waals surface area contributed by atoms with Gasteiger partial charge in [0.1, 0.15) is 11.0 Å². The number of hydroxylamine groups is 1. The van der Waals surface area contributed by atoms with Crippen molar-refractivity contribution in [3.63, 3.8) is 0 Å². The van der Waals surface area contributed by atoms with Gasteiger partial charge in [-0.05, 0) is 19.1 Å². The van der Waals surface area contributed by atoms with E-state index in [1.165, 1.54) is 13.8 Å². The molecule has 0 bridgehead atoms. The number of fused-ring (bicyclic) bond motifs is 3. The van der Waals surface area contributed by atoms with E-state index >= 15 is 0 Å². The van der Waals surface area contributed by atoms with Gasteiger partial charge in [-0.15, -0.1) is 5.06 Å². The number of nitrogens with zero attached hydrogens (tertiary/aromatic N) is 5. The highest BCUT2D eigenvalue weighted by molar-refractivity contribution is 6.02. The molecule has 0 aliphatic heterocycles. The van der Waals surface area contributed by atoms with Crippen LogP contribution in [0.2, 0.25) is 0 Å². The summed E-state index contributed by atoms with van der Waals surface area (Å²) in [6, 6.07) is 3.67. The zero-order chi connectivity index (χ0) is 16.7. The number of hydrogen-bond acceptors (Lipinski definition) is 6. The van der Waals surface area contributed by atoms with E-state index in [4.69, 9.17) is 4.84 Å². The van der Waals surface area contributed by atoms with Crippen LogP contribution >= 0.6 is 0 Å². The Hall–Kier alpha value is -3.03. The quantitative estimate of drug-likeness (QED) is 0.635. The van der Waals surface area contributed by atoms with Crippen molar-refractivity contribution in [2.45, 2.75) is 20.8 Å². The molecule has 0 spiro atoms. The average molecular weight is 313 g/mol. The molecule has 23 heavy (non-hydrogen) atoms. The standard InChI is InChI=1S/C15H15N5O3/c1-8-7-16-11-5-6-12-14(13(11)17-8)18-15(19(12)4)20(9(2)21)23-10(3)22/h5-7H,1-4H3. The Labute approximate surface area is 131 Å². The molecule has 118 valence electrons. The average Bonchev–Trinajstić information content (AvgIpc) is 2.82. The van der Waals surface area contributed by atoms with Gasteiger partial charge in [0.2, 0.25) is 5.95 Å². The molecular formula is C15H15N5O3. The Kier molecular flexibility index (Phi) is 3.44. The monoisotopic (exact) mass is 313 g/mol. The lowest BCUT2D eigenvalue weighted by atomic mass is 10.2. The Morgan fingerprint density at radius 3 is 2.57 bits per heavy atom. The Balaban J connectivity index is 2.28. The van der Waals surface area contributed by atoms with Crippen LogP contribution in [-0.2, 0) is 21.5 Å². The van der Waals surface area contributed by atoms with E-state index in [0.29, 0.717) is 16.6 Å². The summed E-state index contributed by atoms with van der Waals surface area (Å²) in [4.78, 5) is 41.2. The number of amides is 1. The van der Waals surface area contributed by atoms with Crippen molar-refractivity contribution in [2.24, 2.45) is 7.05 Å². The van der Waals surface area contributed by atoms with E-state index in [2.05, 4.69) is 15.0 Å². The minimum Gasteiger partial charge on any atom is -0.331 e. The molecule has 0 N–H and O–H groups in total. The summed E-state index contributed by atoms with van der Waals surface area (Å²) in [6.45, 7) is 4.36. The van der Waals surface area contributed by atoms with E-state index in [1.807, 2.05) is 19.1 Å². The van der Waals surface area contributed by atoms with Gasteiger partial charge in [-0.2, -0.15) is 0 Å². The van der Waals surface area contributed by atoms with Gasteiger partial charge in [-0.1, -0.05) is 0 Å². The van der Waals surface area contributed by atoms with E-state index in [-0.39, 0.29) is 5.95 Å². The van der Waals surface area contributed by atoms with Crippen LogP contribution in [0.15, 0.2) is 18.3 Å². The normalized spacial score (nSPS) is 11.0. The highest BCUT2D eigenvalue weighted by Gasteiger charge is 2.23. The number of carbonyl (C=O) groups is 2. The van der Waals surface area contributed by atoms with Crippen molar-refractivity contribution < 1.29 is 14.4 Å². The predicted molar refractivity (Wildman–Crippen MR) is 83.5 cm³/mol. The van der Waals surface area contributed by atoms with Crippen LogP contribution in [0.4, 0.5) is 5.95 Å². The van der Waals surface area contributed by atoms with Gasteiger partial charge in [0, 0.05) is 27.1 Å². The molecule has 1 amide bonds.